The minimum absolute atomic E-state index is 0. The zero-order valence-corrected chi connectivity index (χ0v) is 30.2. The summed E-state index contributed by atoms with van der Waals surface area (Å²) < 4.78 is 0. The molecule has 4 aromatic carbocycles. The molecule has 0 nitrogen and oxygen atoms in total. The van der Waals surface area contributed by atoms with Gasteiger partial charge >= 0.3 is 21.1 Å². The molecule has 0 unspecified atom stereocenters. The summed E-state index contributed by atoms with van der Waals surface area (Å²) in [6, 6.07) is 44.2. The quantitative estimate of drug-likeness (QED) is 0.0548. The van der Waals surface area contributed by atoms with E-state index in [9.17, 15) is 0 Å². The molecule has 0 saturated carbocycles. The maximum atomic E-state index is 3.72. The Bertz CT molecular complexity index is 1030. The standard InChI is InChI=1S/C26H24P2.2C7H13.Pt/c1-5-13-23(14-6-1)27(24-15-7-2-8-16-24)21-22-28(25-17-9-3-10-18-25)26-19-11-4-12-20-26;2*1-3-5-7-6-4-2;/h1-20H,21-22H2;2*4,6H,1,3,5,7H2,2H3;/q;2*-1;+2/b;2*6-4+;. The van der Waals surface area contributed by atoms with Crippen LogP contribution in [0.2, 0.25) is 0 Å². The van der Waals surface area contributed by atoms with E-state index in [4.69, 9.17) is 0 Å². The fourth-order valence-corrected chi connectivity index (χ4v) is 9.66. The summed E-state index contributed by atoms with van der Waals surface area (Å²) >= 11 is 0. The molecule has 0 heterocycles. The van der Waals surface area contributed by atoms with Crippen LogP contribution in [0.5, 0.6) is 0 Å². The molecule has 0 aliphatic carbocycles. The molecule has 0 aromatic heterocycles. The molecule has 230 valence electrons. The van der Waals surface area contributed by atoms with E-state index in [-0.39, 0.29) is 36.9 Å². The van der Waals surface area contributed by atoms with Gasteiger partial charge in [-0.15, -0.1) is 0 Å². The minimum atomic E-state index is -0.348. The molecule has 0 fully saturated rings. The molecule has 0 atom stereocenters. The second-order valence-corrected chi connectivity index (χ2v) is 14.4. The summed E-state index contributed by atoms with van der Waals surface area (Å²) in [5.74, 6) is 0. The van der Waals surface area contributed by atoms with Crippen LogP contribution < -0.4 is 21.2 Å². The van der Waals surface area contributed by atoms with Crippen molar-refractivity contribution in [3.63, 3.8) is 0 Å². The largest absolute Gasteiger partial charge is 2.00 e. The van der Waals surface area contributed by atoms with Crippen LogP contribution in [0.3, 0.4) is 0 Å². The third-order valence-electron chi connectivity index (χ3n) is 6.53. The third kappa shape index (κ3) is 16.5. The maximum absolute atomic E-state index is 3.72. The van der Waals surface area contributed by atoms with Crippen molar-refractivity contribution >= 4 is 37.1 Å². The molecule has 0 aliphatic heterocycles. The molecule has 0 radical (unpaired) electrons. The number of rotatable bonds is 13. The van der Waals surface area contributed by atoms with E-state index >= 15 is 0 Å². The summed E-state index contributed by atoms with van der Waals surface area (Å²) in [6.07, 6.45) is 17.9. The van der Waals surface area contributed by atoms with Gasteiger partial charge in [0.2, 0.25) is 0 Å². The summed E-state index contributed by atoms with van der Waals surface area (Å²) in [5, 5.41) is 5.89. The molecule has 4 rings (SSSR count). The summed E-state index contributed by atoms with van der Waals surface area (Å²) in [6.45, 7) is 11.5. The molecular formula is C40H50P2Pt. The first kappa shape index (κ1) is 38.9. The Hall–Kier alpha value is -2.09. The average Bonchev–Trinajstić information content (AvgIpc) is 3.06. The smallest absolute Gasteiger partial charge is 0.343 e. The number of hydrogen-bond donors (Lipinski definition) is 0. The van der Waals surface area contributed by atoms with E-state index in [0.717, 1.165) is 12.8 Å². The minimum Gasteiger partial charge on any atom is -0.343 e. The maximum Gasteiger partial charge on any atom is 2.00 e. The van der Waals surface area contributed by atoms with Crippen molar-refractivity contribution in [1.29, 1.82) is 0 Å². The predicted octanol–water partition coefficient (Wildman–Crippen LogP) is 10.4. The first-order valence-electron chi connectivity index (χ1n) is 15.3. The Kier molecular flexibility index (Phi) is 23.8. The van der Waals surface area contributed by atoms with E-state index in [1.165, 1.54) is 59.2 Å². The van der Waals surface area contributed by atoms with Gasteiger partial charge in [0.05, 0.1) is 0 Å². The molecule has 0 aliphatic rings. The molecule has 0 saturated heterocycles. The Morgan fingerprint density at radius 1 is 0.465 bits per heavy atom. The van der Waals surface area contributed by atoms with Crippen molar-refractivity contribution in [2.75, 3.05) is 12.3 Å². The van der Waals surface area contributed by atoms with Gasteiger partial charge in [-0.3, -0.25) is 0 Å². The Morgan fingerprint density at radius 2 is 0.721 bits per heavy atom. The molecule has 0 spiro atoms. The zero-order valence-electron chi connectivity index (χ0n) is 26.1. The van der Waals surface area contributed by atoms with E-state index in [1.807, 2.05) is 13.8 Å². The number of hydrogen-bond acceptors (Lipinski definition) is 0. The van der Waals surface area contributed by atoms with Crippen molar-refractivity contribution in [3.8, 4) is 0 Å². The van der Waals surface area contributed by atoms with Crippen LogP contribution in [0.25, 0.3) is 0 Å². The van der Waals surface area contributed by atoms with Crippen LogP contribution in [-0.2, 0) is 21.1 Å². The van der Waals surface area contributed by atoms with Crippen LogP contribution in [0.4, 0.5) is 0 Å². The molecule has 43 heavy (non-hydrogen) atoms. The van der Waals surface area contributed by atoms with Crippen molar-refractivity contribution < 1.29 is 21.1 Å². The molecule has 3 heteroatoms. The van der Waals surface area contributed by atoms with Gasteiger partial charge in [-0.2, -0.15) is 12.8 Å². The molecule has 0 N–H and O–H groups in total. The fraction of sp³-hybridized carbons (Fsp3) is 0.250. The van der Waals surface area contributed by atoms with Gasteiger partial charge in [0.15, 0.2) is 0 Å². The average molecular weight is 788 g/mol. The van der Waals surface area contributed by atoms with Gasteiger partial charge in [-0.25, -0.2) is 0 Å². The normalized spacial score (nSPS) is 10.7. The van der Waals surface area contributed by atoms with Crippen molar-refractivity contribution in [2.45, 2.75) is 52.4 Å². The molecule has 0 amide bonds. The number of benzene rings is 4. The van der Waals surface area contributed by atoms with Crippen LogP contribution in [0, 0.1) is 13.8 Å². The van der Waals surface area contributed by atoms with Crippen molar-refractivity contribution in [3.05, 3.63) is 159 Å². The summed E-state index contributed by atoms with van der Waals surface area (Å²) in [5.41, 5.74) is 0. The van der Waals surface area contributed by atoms with E-state index in [0.29, 0.717) is 0 Å². The first-order chi connectivity index (χ1) is 20.7. The molecular weight excluding hydrogens is 737 g/mol. The van der Waals surface area contributed by atoms with Crippen LogP contribution >= 0.6 is 15.8 Å². The van der Waals surface area contributed by atoms with Crippen molar-refractivity contribution in [1.82, 2.24) is 0 Å². The molecule has 4 aromatic rings. The second-order valence-electron chi connectivity index (χ2n) is 9.78. The van der Waals surface area contributed by atoms with Gasteiger partial charge in [0.1, 0.15) is 0 Å². The first-order valence-corrected chi connectivity index (χ1v) is 18.4. The van der Waals surface area contributed by atoms with Gasteiger partial charge in [-0.1, -0.05) is 158 Å². The fourth-order valence-electron chi connectivity index (χ4n) is 4.30. The molecule has 0 bridgehead atoms. The van der Waals surface area contributed by atoms with Crippen molar-refractivity contribution in [2.24, 2.45) is 0 Å². The Balaban J connectivity index is 0.000000516. The predicted molar refractivity (Wildman–Crippen MR) is 196 cm³/mol. The van der Waals surface area contributed by atoms with Crippen LogP contribution in [0.1, 0.15) is 52.4 Å². The summed E-state index contributed by atoms with van der Waals surface area (Å²) in [4.78, 5) is 0. The van der Waals surface area contributed by atoms with Gasteiger partial charge in [0.25, 0.3) is 0 Å². The Morgan fingerprint density at radius 3 is 0.930 bits per heavy atom. The van der Waals surface area contributed by atoms with Gasteiger partial charge < -0.3 is 13.8 Å². The zero-order chi connectivity index (χ0) is 30.1. The van der Waals surface area contributed by atoms with Gasteiger partial charge in [-0.05, 0) is 76.1 Å². The van der Waals surface area contributed by atoms with Crippen LogP contribution in [0.15, 0.2) is 146 Å². The van der Waals surface area contributed by atoms with E-state index in [1.54, 1.807) is 0 Å². The summed E-state index contributed by atoms with van der Waals surface area (Å²) in [7, 11) is -0.696. The van der Waals surface area contributed by atoms with E-state index < -0.39 is 0 Å². The number of unbranched alkanes of at least 4 members (excludes halogenated alkanes) is 4. The second kappa shape index (κ2) is 26.3. The topological polar surface area (TPSA) is 0 Å². The third-order valence-corrected chi connectivity index (χ3v) is 11.9. The number of allylic oxidation sites excluding steroid dienone is 4. The monoisotopic (exact) mass is 787 g/mol. The van der Waals surface area contributed by atoms with E-state index in [2.05, 4.69) is 159 Å². The van der Waals surface area contributed by atoms with Gasteiger partial charge in [0, 0.05) is 0 Å². The van der Waals surface area contributed by atoms with Crippen LogP contribution in [-0.4, -0.2) is 12.3 Å². The Labute approximate surface area is 280 Å². The SMILES string of the molecule is [CH2-]CCC/C=C/C.[CH2-]CCC/C=C/C.[Pt+2].c1ccc(P(CCP(c2ccccc2)c2ccccc2)c2ccccc2)cc1.